The van der Waals surface area contributed by atoms with E-state index in [4.69, 9.17) is 4.74 Å². The number of hydrogen-bond acceptors (Lipinski definition) is 6. The molecule has 0 aliphatic carbocycles. The van der Waals surface area contributed by atoms with Gasteiger partial charge < -0.3 is 9.64 Å². The number of rotatable bonds is 3. The molecule has 0 bridgehead atoms. The SMILES string of the molecule is Cc1nnc(NC(=O)N2CCN(CC3CCCO3)CC2)s1. The zero-order chi connectivity index (χ0) is 14.7. The predicted octanol–water partition coefficient (Wildman–Crippen LogP) is 1.18. The lowest BCUT2D eigenvalue weighted by Crippen LogP contribution is -2.51. The van der Waals surface area contributed by atoms with Crippen LogP contribution in [0.25, 0.3) is 0 Å². The van der Waals surface area contributed by atoms with Crippen LogP contribution < -0.4 is 5.32 Å². The first-order valence-electron chi connectivity index (χ1n) is 7.41. The van der Waals surface area contributed by atoms with E-state index in [1.807, 2.05) is 11.8 Å². The smallest absolute Gasteiger partial charge is 0.323 e. The van der Waals surface area contributed by atoms with E-state index in [1.54, 1.807) is 0 Å². The Kier molecular flexibility index (Phi) is 4.67. The molecule has 116 valence electrons. The summed E-state index contributed by atoms with van der Waals surface area (Å²) in [5, 5.41) is 12.0. The van der Waals surface area contributed by atoms with Crippen molar-refractivity contribution in [1.29, 1.82) is 0 Å². The number of ether oxygens (including phenoxy) is 1. The highest BCUT2D eigenvalue weighted by atomic mass is 32.1. The number of anilines is 1. The largest absolute Gasteiger partial charge is 0.377 e. The summed E-state index contributed by atoms with van der Waals surface area (Å²) in [6, 6.07) is -0.0806. The van der Waals surface area contributed by atoms with Crippen LogP contribution in [-0.2, 0) is 4.74 Å². The fourth-order valence-corrected chi connectivity index (χ4v) is 3.31. The van der Waals surface area contributed by atoms with Gasteiger partial charge in [0, 0.05) is 39.3 Å². The zero-order valence-corrected chi connectivity index (χ0v) is 13.1. The summed E-state index contributed by atoms with van der Waals surface area (Å²) in [7, 11) is 0. The van der Waals surface area contributed by atoms with Crippen molar-refractivity contribution >= 4 is 22.5 Å². The normalized spacial score (nSPS) is 23.5. The van der Waals surface area contributed by atoms with Gasteiger partial charge in [-0.05, 0) is 19.8 Å². The molecule has 1 atom stereocenters. The number of aromatic nitrogens is 2. The van der Waals surface area contributed by atoms with Gasteiger partial charge in [-0.3, -0.25) is 10.2 Å². The Morgan fingerprint density at radius 1 is 1.38 bits per heavy atom. The summed E-state index contributed by atoms with van der Waals surface area (Å²) in [4.78, 5) is 16.4. The second kappa shape index (κ2) is 6.67. The van der Waals surface area contributed by atoms with E-state index < -0.39 is 0 Å². The van der Waals surface area contributed by atoms with E-state index in [1.165, 1.54) is 17.8 Å². The summed E-state index contributed by atoms with van der Waals surface area (Å²) >= 11 is 1.39. The van der Waals surface area contributed by atoms with Crippen molar-refractivity contribution in [2.75, 3.05) is 44.6 Å². The zero-order valence-electron chi connectivity index (χ0n) is 12.2. The lowest BCUT2D eigenvalue weighted by Gasteiger charge is -2.35. The fraction of sp³-hybridized carbons (Fsp3) is 0.769. The van der Waals surface area contributed by atoms with Gasteiger partial charge in [0.25, 0.3) is 0 Å². The Balaban J connectivity index is 1.43. The number of carbonyl (C=O) groups excluding carboxylic acids is 1. The second-order valence-electron chi connectivity index (χ2n) is 5.48. The number of aryl methyl sites for hydroxylation is 1. The first-order chi connectivity index (χ1) is 10.2. The molecule has 2 aliphatic heterocycles. The molecule has 2 amide bonds. The van der Waals surface area contributed by atoms with Gasteiger partial charge in [-0.25, -0.2) is 4.79 Å². The van der Waals surface area contributed by atoms with Gasteiger partial charge in [0.2, 0.25) is 5.13 Å². The number of hydrogen-bond donors (Lipinski definition) is 1. The summed E-state index contributed by atoms with van der Waals surface area (Å²) in [5.41, 5.74) is 0. The van der Waals surface area contributed by atoms with Crippen LogP contribution in [0.4, 0.5) is 9.93 Å². The molecule has 1 N–H and O–H groups in total. The van der Waals surface area contributed by atoms with Crippen molar-refractivity contribution in [1.82, 2.24) is 20.0 Å². The minimum atomic E-state index is -0.0806. The maximum atomic E-state index is 12.1. The van der Waals surface area contributed by atoms with Gasteiger partial charge in [0.1, 0.15) is 5.01 Å². The molecule has 0 aromatic carbocycles. The van der Waals surface area contributed by atoms with Crippen LogP contribution >= 0.6 is 11.3 Å². The van der Waals surface area contributed by atoms with Crippen LogP contribution in [0.2, 0.25) is 0 Å². The van der Waals surface area contributed by atoms with E-state index in [0.717, 1.165) is 50.8 Å². The first-order valence-corrected chi connectivity index (χ1v) is 8.22. The molecule has 0 radical (unpaired) electrons. The van der Waals surface area contributed by atoms with Crippen LogP contribution in [0.15, 0.2) is 0 Å². The highest BCUT2D eigenvalue weighted by molar-refractivity contribution is 7.15. The van der Waals surface area contributed by atoms with E-state index >= 15 is 0 Å². The van der Waals surface area contributed by atoms with E-state index in [-0.39, 0.29) is 6.03 Å². The van der Waals surface area contributed by atoms with Gasteiger partial charge in [-0.2, -0.15) is 0 Å². The number of nitrogens with one attached hydrogen (secondary N) is 1. The maximum Gasteiger partial charge on any atom is 0.323 e. The minimum absolute atomic E-state index is 0.0806. The van der Waals surface area contributed by atoms with Gasteiger partial charge in [-0.1, -0.05) is 11.3 Å². The quantitative estimate of drug-likeness (QED) is 0.907. The Morgan fingerprint density at radius 3 is 2.81 bits per heavy atom. The van der Waals surface area contributed by atoms with Crippen molar-refractivity contribution in [3.63, 3.8) is 0 Å². The van der Waals surface area contributed by atoms with Crippen LogP contribution in [-0.4, -0.2) is 71.5 Å². The summed E-state index contributed by atoms with van der Waals surface area (Å²) in [6.45, 7) is 7.06. The molecule has 8 heteroatoms. The minimum Gasteiger partial charge on any atom is -0.377 e. The van der Waals surface area contributed by atoms with Crippen LogP contribution in [0.5, 0.6) is 0 Å². The topological polar surface area (TPSA) is 70.6 Å². The van der Waals surface area contributed by atoms with Crippen molar-refractivity contribution in [2.24, 2.45) is 0 Å². The molecule has 0 spiro atoms. The third-order valence-corrected chi connectivity index (χ3v) is 4.64. The molecule has 21 heavy (non-hydrogen) atoms. The number of urea groups is 1. The number of piperazine rings is 1. The lowest BCUT2D eigenvalue weighted by molar-refractivity contribution is 0.0572. The Labute approximate surface area is 128 Å². The highest BCUT2D eigenvalue weighted by Crippen LogP contribution is 2.16. The molecule has 7 nitrogen and oxygen atoms in total. The average Bonchev–Trinajstić information content (AvgIpc) is 3.12. The first kappa shape index (κ1) is 14.7. The molecule has 2 aliphatic rings. The molecule has 2 saturated heterocycles. The third kappa shape index (κ3) is 3.90. The maximum absolute atomic E-state index is 12.1. The predicted molar refractivity (Wildman–Crippen MR) is 80.7 cm³/mol. The Hall–Kier alpha value is -1.25. The highest BCUT2D eigenvalue weighted by Gasteiger charge is 2.25. The van der Waals surface area contributed by atoms with Gasteiger partial charge in [0.15, 0.2) is 0 Å². The van der Waals surface area contributed by atoms with Crippen molar-refractivity contribution in [3.05, 3.63) is 5.01 Å². The van der Waals surface area contributed by atoms with E-state index in [0.29, 0.717) is 11.2 Å². The summed E-state index contributed by atoms with van der Waals surface area (Å²) < 4.78 is 5.66. The number of amides is 2. The Bertz CT molecular complexity index is 481. The molecule has 3 heterocycles. The van der Waals surface area contributed by atoms with E-state index in [9.17, 15) is 4.79 Å². The van der Waals surface area contributed by atoms with Gasteiger partial charge in [0.05, 0.1) is 6.10 Å². The second-order valence-corrected chi connectivity index (χ2v) is 6.66. The molecule has 1 aromatic heterocycles. The standard InChI is InChI=1S/C13H21N5O2S/c1-10-15-16-12(21-10)14-13(19)18-6-4-17(5-7-18)9-11-3-2-8-20-11/h11H,2-9H2,1H3,(H,14,16,19). The van der Waals surface area contributed by atoms with Crippen molar-refractivity contribution < 1.29 is 9.53 Å². The molecule has 1 unspecified atom stereocenters. The van der Waals surface area contributed by atoms with Gasteiger partial charge in [-0.15, -0.1) is 10.2 Å². The third-order valence-electron chi connectivity index (χ3n) is 3.89. The molecule has 1 aromatic rings. The summed E-state index contributed by atoms with van der Waals surface area (Å²) in [6.07, 6.45) is 2.72. The number of carbonyl (C=O) groups is 1. The van der Waals surface area contributed by atoms with E-state index in [2.05, 4.69) is 20.4 Å². The van der Waals surface area contributed by atoms with Crippen molar-refractivity contribution in [3.8, 4) is 0 Å². The van der Waals surface area contributed by atoms with Gasteiger partial charge >= 0.3 is 6.03 Å². The molecule has 2 fully saturated rings. The fourth-order valence-electron chi connectivity index (χ4n) is 2.73. The lowest BCUT2D eigenvalue weighted by atomic mass is 10.2. The van der Waals surface area contributed by atoms with Crippen molar-refractivity contribution in [2.45, 2.75) is 25.9 Å². The molecular formula is C13H21N5O2S. The van der Waals surface area contributed by atoms with Crippen LogP contribution in [0.3, 0.4) is 0 Å². The van der Waals surface area contributed by atoms with Crippen LogP contribution in [0, 0.1) is 6.92 Å². The molecule has 0 saturated carbocycles. The van der Waals surface area contributed by atoms with Crippen LogP contribution in [0.1, 0.15) is 17.8 Å². The Morgan fingerprint density at radius 2 is 2.19 bits per heavy atom. The molecular weight excluding hydrogens is 290 g/mol. The molecule has 3 rings (SSSR count). The monoisotopic (exact) mass is 311 g/mol. The summed E-state index contributed by atoms with van der Waals surface area (Å²) in [5.74, 6) is 0. The number of nitrogens with zero attached hydrogens (tertiary/aromatic N) is 4. The average molecular weight is 311 g/mol.